The first-order valence-corrected chi connectivity index (χ1v) is 7.81. The zero-order chi connectivity index (χ0) is 16.9. The molecule has 2 amide bonds. The molecule has 1 aliphatic heterocycles. The lowest BCUT2D eigenvalue weighted by Gasteiger charge is -2.28. The summed E-state index contributed by atoms with van der Waals surface area (Å²) in [4.78, 5) is 13.9. The summed E-state index contributed by atoms with van der Waals surface area (Å²) in [5, 5.41) is 2.77. The highest BCUT2D eigenvalue weighted by Crippen LogP contribution is 2.18. The molecule has 0 radical (unpaired) electrons. The van der Waals surface area contributed by atoms with Crippen LogP contribution in [0.3, 0.4) is 0 Å². The van der Waals surface area contributed by atoms with Crippen molar-refractivity contribution in [2.75, 3.05) is 19.7 Å². The van der Waals surface area contributed by atoms with Gasteiger partial charge in [-0.25, -0.2) is 13.6 Å². The maximum absolute atomic E-state index is 13.0. The normalized spacial score (nSPS) is 13.3. The van der Waals surface area contributed by atoms with Gasteiger partial charge in [0.25, 0.3) is 0 Å². The van der Waals surface area contributed by atoms with E-state index in [1.165, 1.54) is 11.6 Å². The molecular weight excluding hydrogens is 314 g/mol. The molecule has 1 aliphatic rings. The summed E-state index contributed by atoms with van der Waals surface area (Å²) in [7, 11) is 0. The van der Waals surface area contributed by atoms with Crippen molar-refractivity contribution in [3.05, 3.63) is 65.2 Å². The highest BCUT2D eigenvalue weighted by atomic mass is 19.2. The van der Waals surface area contributed by atoms with Crippen molar-refractivity contribution < 1.29 is 18.3 Å². The van der Waals surface area contributed by atoms with Gasteiger partial charge in [0.2, 0.25) is 0 Å². The minimum atomic E-state index is -0.955. The molecule has 0 aromatic heterocycles. The van der Waals surface area contributed by atoms with Crippen LogP contribution < -0.4 is 10.1 Å². The van der Waals surface area contributed by atoms with Crippen LogP contribution in [0.25, 0.3) is 0 Å². The molecule has 2 aromatic rings. The number of fused-ring (bicyclic) bond motifs is 1. The third kappa shape index (κ3) is 3.82. The van der Waals surface area contributed by atoms with E-state index in [0.29, 0.717) is 13.1 Å². The number of rotatable bonds is 4. The van der Waals surface area contributed by atoms with Crippen LogP contribution in [-0.4, -0.2) is 30.6 Å². The van der Waals surface area contributed by atoms with Crippen LogP contribution in [0.1, 0.15) is 11.1 Å². The minimum absolute atomic E-state index is 0.154. The first-order chi connectivity index (χ1) is 11.6. The first kappa shape index (κ1) is 16.2. The minimum Gasteiger partial charge on any atom is -0.492 e. The van der Waals surface area contributed by atoms with E-state index in [1.807, 2.05) is 18.2 Å². The van der Waals surface area contributed by atoms with Gasteiger partial charge in [0.05, 0.1) is 6.54 Å². The van der Waals surface area contributed by atoms with Gasteiger partial charge in [-0.05, 0) is 29.7 Å². The summed E-state index contributed by atoms with van der Waals surface area (Å²) >= 11 is 0. The summed E-state index contributed by atoms with van der Waals surface area (Å²) in [6.45, 7) is 1.73. The summed E-state index contributed by atoms with van der Waals surface area (Å²) in [5.41, 5.74) is 2.44. The van der Waals surface area contributed by atoms with Gasteiger partial charge in [-0.3, -0.25) is 0 Å². The molecule has 1 N–H and O–H groups in total. The van der Waals surface area contributed by atoms with Crippen molar-refractivity contribution >= 4 is 6.03 Å². The third-order valence-electron chi connectivity index (χ3n) is 3.96. The van der Waals surface area contributed by atoms with E-state index in [9.17, 15) is 13.6 Å². The largest absolute Gasteiger partial charge is 0.492 e. The second-order valence-corrected chi connectivity index (χ2v) is 5.60. The maximum Gasteiger partial charge on any atom is 0.317 e. The number of carbonyl (C=O) groups is 1. The molecule has 0 bridgehead atoms. The average molecular weight is 332 g/mol. The molecule has 2 aromatic carbocycles. The second-order valence-electron chi connectivity index (χ2n) is 5.60. The Morgan fingerprint density at radius 1 is 1.12 bits per heavy atom. The van der Waals surface area contributed by atoms with Crippen molar-refractivity contribution in [2.45, 2.75) is 13.0 Å². The molecular formula is C18H18F2N2O2. The Labute approximate surface area is 139 Å². The Balaban J connectivity index is 1.44. The van der Waals surface area contributed by atoms with Gasteiger partial charge in [-0.15, -0.1) is 0 Å². The number of benzene rings is 2. The van der Waals surface area contributed by atoms with E-state index < -0.39 is 11.6 Å². The van der Waals surface area contributed by atoms with Gasteiger partial charge < -0.3 is 15.0 Å². The number of nitrogens with one attached hydrogen (secondary N) is 1. The number of hydrogen-bond acceptors (Lipinski definition) is 2. The Kier molecular flexibility index (Phi) is 4.93. The quantitative estimate of drug-likeness (QED) is 0.874. The van der Waals surface area contributed by atoms with Crippen LogP contribution in [0.2, 0.25) is 0 Å². The molecule has 3 rings (SSSR count). The number of amides is 2. The van der Waals surface area contributed by atoms with E-state index in [2.05, 4.69) is 11.4 Å². The SMILES string of the molecule is O=C(NCCOc1ccc(F)c(F)c1)N1CCc2ccccc2C1. The predicted octanol–water partition coefficient (Wildman–Crippen LogP) is 3.11. The van der Waals surface area contributed by atoms with Crippen LogP contribution >= 0.6 is 0 Å². The number of nitrogens with zero attached hydrogens (tertiary/aromatic N) is 1. The lowest BCUT2D eigenvalue weighted by atomic mass is 10.0. The summed E-state index contributed by atoms with van der Waals surface area (Å²) in [6.07, 6.45) is 0.842. The topological polar surface area (TPSA) is 41.6 Å². The molecule has 0 aliphatic carbocycles. The number of carbonyl (C=O) groups excluding carboxylic acids is 1. The highest BCUT2D eigenvalue weighted by molar-refractivity contribution is 5.74. The van der Waals surface area contributed by atoms with Gasteiger partial charge in [-0.1, -0.05) is 24.3 Å². The summed E-state index contributed by atoms with van der Waals surface area (Å²) in [5.74, 6) is -1.64. The molecule has 0 saturated heterocycles. The van der Waals surface area contributed by atoms with Crippen molar-refractivity contribution in [2.24, 2.45) is 0 Å². The zero-order valence-electron chi connectivity index (χ0n) is 13.1. The molecule has 0 unspecified atom stereocenters. The second kappa shape index (κ2) is 7.29. The van der Waals surface area contributed by atoms with Crippen LogP contribution in [-0.2, 0) is 13.0 Å². The first-order valence-electron chi connectivity index (χ1n) is 7.81. The fourth-order valence-corrected chi connectivity index (χ4v) is 2.67. The smallest absolute Gasteiger partial charge is 0.317 e. The summed E-state index contributed by atoms with van der Waals surface area (Å²) < 4.78 is 31.2. The number of ether oxygens (including phenoxy) is 1. The lowest BCUT2D eigenvalue weighted by Crippen LogP contribution is -2.43. The summed E-state index contributed by atoms with van der Waals surface area (Å²) in [6, 6.07) is 11.3. The molecule has 0 atom stereocenters. The third-order valence-corrected chi connectivity index (χ3v) is 3.96. The monoisotopic (exact) mass is 332 g/mol. The van der Waals surface area contributed by atoms with Crippen LogP contribution in [0.15, 0.2) is 42.5 Å². The lowest BCUT2D eigenvalue weighted by molar-refractivity contribution is 0.189. The number of hydrogen-bond donors (Lipinski definition) is 1. The van der Waals surface area contributed by atoms with Crippen LogP contribution in [0, 0.1) is 11.6 Å². The van der Waals surface area contributed by atoms with E-state index in [0.717, 1.165) is 24.1 Å². The highest BCUT2D eigenvalue weighted by Gasteiger charge is 2.19. The Morgan fingerprint density at radius 2 is 1.92 bits per heavy atom. The van der Waals surface area contributed by atoms with Gasteiger partial charge in [0.1, 0.15) is 12.4 Å². The zero-order valence-corrected chi connectivity index (χ0v) is 13.1. The maximum atomic E-state index is 13.0. The molecule has 126 valence electrons. The predicted molar refractivity (Wildman–Crippen MR) is 85.8 cm³/mol. The van der Waals surface area contributed by atoms with Crippen LogP contribution in [0.4, 0.5) is 13.6 Å². The van der Waals surface area contributed by atoms with Gasteiger partial charge in [-0.2, -0.15) is 0 Å². The number of halogens is 2. The molecule has 0 saturated carbocycles. The van der Waals surface area contributed by atoms with E-state index in [-0.39, 0.29) is 24.9 Å². The average Bonchev–Trinajstić information content (AvgIpc) is 2.61. The Morgan fingerprint density at radius 3 is 2.71 bits per heavy atom. The standard InChI is InChI=1S/C18H18F2N2O2/c19-16-6-5-15(11-17(16)20)24-10-8-21-18(23)22-9-7-13-3-1-2-4-14(13)12-22/h1-6,11H,7-10,12H2,(H,21,23). The Bertz CT molecular complexity index is 737. The van der Waals surface area contributed by atoms with Crippen molar-refractivity contribution in [1.29, 1.82) is 0 Å². The van der Waals surface area contributed by atoms with E-state index in [4.69, 9.17) is 4.74 Å². The molecule has 0 fully saturated rings. The molecule has 6 heteroatoms. The Hall–Kier alpha value is -2.63. The van der Waals surface area contributed by atoms with Gasteiger partial charge in [0.15, 0.2) is 11.6 Å². The fourth-order valence-electron chi connectivity index (χ4n) is 2.67. The van der Waals surface area contributed by atoms with Crippen molar-refractivity contribution in [3.63, 3.8) is 0 Å². The molecule has 4 nitrogen and oxygen atoms in total. The van der Waals surface area contributed by atoms with Crippen molar-refractivity contribution in [1.82, 2.24) is 10.2 Å². The van der Waals surface area contributed by atoms with Crippen LogP contribution in [0.5, 0.6) is 5.75 Å². The molecule has 24 heavy (non-hydrogen) atoms. The van der Waals surface area contributed by atoms with E-state index >= 15 is 0 Å². The number of urea groups is 1. The van der Waals surface area contributed by atoms with Gasteiger partial charge in [0, 0.05) is 19.2 Å². The van der Waals surface area contributed by atoms with Gasteiger partial charge >= 0.3 is 6.03 Å². The van der Waals surface area contributed by atoms with Crippen molar-refractivity contribution in [3.8, 4) is 5.75 Å². The fraction of sp³-hybridized carbons (Fsp3) is 0.278. The molecule has 1 heterocycles. The molecule has 0 spiro atoms. The van der Waals surface area contributed by atoms with E-state index in [1.54, 1.807) is 4.90 Å².